The van der Waals surface area contributed by atoms with Crippen molar-refractivity contribution >= 4 is 28.8 Å². The molecule has 2 amide bonds. The second-order valence-electron chi connectivity index (χ2n) is 6.79. The first-order valence-corrected chi connectivity index (χ1v) is 10.1. The summed E-state index contributed by atoms with van der Waals surface area (Å²) in [5, 5.41) is 13.6. The summed E-state index contributed by atoms with van der Waals surface area (Å²) in [6.45, 7) is 4.23. The lowest BCUT2D eigenvalue weighted by atomic mass is 10.1. The molecule has 156 valence electrons. The van der Waals surface area contributed by atoms with Crippen LogP contribution in [0.2, 0.25) is 0 Å². The van der Waals surface area contributed by atoms with Crippen LogP contribution in [0.5, 0.6) is 0 Å². The van der Waals surface area contributed by atoms with Gasteiger partial charge in [0.2, 0.25) is 5.91 Å². The Hall–Kier alpha value is -3.46. The third kappa shape index (κ3) is 5.32. The molecule has 1 aromatic carbocycles. The standard InChI is InChI=1S/C21H21N3O5S/c1-14-8-9-19(30-14)13-23(12-18-7-4-10-29-18)21(26)15(2)22-20(25)16-5-3-6-17(11-16)24(27)28/h3-11,15H,12-13H2,1-2H3,(H,22,25). The van der Waals surface area contributed by atoms with Crippen LogP contribution < -0.4 is 5.32 Å². The molecule has 30 heavy (non-hydrogen) atoms. The number of amides is 2. The molecule has 0 radical (unpaired) electrons. The summed E-state index contributed by atoms with van der Waals surface area (Å²) < 4.78 is 5.38. The number of rotatable bonds is 8. The smallest absolute Gasteiger partial charge is 0.270 e. The first-order valence-electron chi connectivity index (χ1n) is 9.25. The number of nitro benzene ring substituents is 1. The predicted molar refractivity (Wildman–Crippen MR) is 112 cm³/mol. The van der Waals surface area contributed by atoms with Gasteiger partial charge in [-0.05, 0) is 44.2 Å². The molecule has 0 aliphatic carbocycles. The van der Waals surface area contributed by atoms with E-state index in [1.807, 2.05) is 19.1 Å². The Morgan fingerprint density at radius 3 is 2.63 bits per heavy atom. The second-order valence-corrected chi connectivity index (χ2v) is 8.16. The number of benzene rings is 1. The minimum Gasteiger partial charge on any atom is -0.467 e. The van der Waals surface area contributed by atoms with Crippen LogP contribution in [-0.4, -0.2) is 27.7 Å². The van der Waals surface area contributed by atoms with Gasteiger partial charge in [0.1, 0.15) is 11.8 Å². The topological polar surface area (TPSA) is 106 Å². The number of nitrogens with zero attached hydrogens (tertiary/aromatic N) is 2. The fourth-order valence-corrected chi connectivity index (χ4v) is 3.84. The SMILES string of the molecule is Cc1ccc(CN(Cc2ccco2)C(=O)C(C)NC(=O)c2cccc([N+](=O)[O-])c2)s1. The Labute approximate surface area is 177 Å². The molecule has 8 nitrogen and oxygen atoms in total. The van der Waals surface area contributed by atoms with E-state index in [1.165, 1.54) is 24.3 Å². The van der Waals surface area contributed by atoms with E-state index in [9.17, 15) is 19.7 Å². The number of carbonyl (C=O) groups excluding carboxylic acids is 2. The number of nitro groups is 1. The summed E-state index contributed by atoms with van der Waals surface area (Å²) in [6, 6.07) is 12.1. The van der Waals surface area contributed by atoms with E-state index in [0.717, 1.165) is 9.75 Å². The summed E-state index contributed by atoms with van der Waals surface area (Å²) >= 11 is 1.60. The van der Waals surface area contributed by atoms with Gasteiger partial charge < -0.3 is 14.6 Å². The Morgan fingerprint density at radius 2 is 2.00 bits per heavy atom. The molecule has 0 spiro atoms. The zero-order chi connectivity index (χ0) is 21.7. The first-order chi connectivity index (χ1) is 14.3. The van der Waals surface area contributed by atoms with Crippen molar-refractivity contribution in [2.75, 3.05) is 0 Å². The third-order valence-corrected chi connectivity index (χ3v) is 5.40. The Morgan fingerprint density at radius 1 is 1.20 bits per heavy atom. The molecule has 2 aromatic heterocycles. The molecule has 0 aliphatic rings. The van der Waals surface area contributed by atoms with Gasteiger partial charge >= 0.3 is 0 Å². The van der Waals surface area contributed by atoms with Crippen molar-refractivity contribution in [2.45, 2.75) is 33.0 Å². The normalized spacial score (nSPS) is 11.7. The summed E-state index contributed by atoms with van der Waals surface area (Å²) in [6.07, 6.45) is 1.54. The zero-order valence-corrected chi connectivity index (χ0v) is 17.3. The van der Waals surface area contributed by atoms with Gasteiger partial charge in [0.25, 0.3) is 11.6 Å². The molecule has 1 atom stereocenters. The molecule has 0 aliphatic heterocycles. The van der Waals surface area contributed by atoms with Gasteiger partial charge in [0.05, 0.1) is 24.3 Å². The van der Waals surface area contributed by atoms with Crippen molar-refractivity contribution in [1.82, 2.24) is 10.2 Å². The van der Waals surface area contributed by atoms with E-state index in [0.29, 0.717) is 12.3 Å². The van der Waals surface area contributed by atoms with Crippen LogP contribution >= 0.6 is 11.3 Å². The highest BCUT2D eigenvalue weighted by molar-refractivity contribution is 7.11. The number of thiophene rings is 1. The quantitative estimate of drug-likeness (QED) is 0.433. The average Bonchev–Trinajstić information content (AvgIpc) is 3.38. The number of aryl methyl sites for hydroxylation is 1. The van der Waals surface area contributed by atoms with E-state index in [4.69, 9.17) is 4.42 Å². The van der Waals surface area contributed by atoms with Crippen molar-refractivity contribution in [1.29, 1.82) is 0 Å². The van der Waals surface area contributed by atoms with Crippen molar-refractivity contribution in [3.63, 3.8) is 0 Å². The summed E-state index contributed by atoms with van der Waals surface area (Å²) in [4.78, 5) is 39.7. The van der Waals surface area contributed by atoms with Crippen molar-refractivity contribution in [3.05, 3.63) is 86.0 Å². The van der Waals surface area contributed by atoms with Gasteiger partial charge in [-0.3, -0.25) is 19.7 Å². The lowest BCUT2D eigenvalue weighted by Crippen LogP contribution is -2.46. The predicted octanol–water partition coefficient (Wildman–Crippen LogP) is 3.91. The van der Waals surface area contributed by atoms with Crippen molar-refractivity contribution in [3.8, 4) is 0 Å². The molecule has 3 aromatic rings. The zero-order valence-electron chi connectivity index (χ0n) is 16.5. The highest BCUT2D eigenvalue weighted by Gasteiger charge is 2.24. The number of hydrogen-bond donors (Lipinski definition) is 1. The fraction of sp³-hybridized carbons (Fsp3) is 0.238. The van der Waals surface area contributed by atoms with Crippen LogP contribution in [-0.2, 0) is 17.9 Å². The van der Waals surface area contributed by atoms with Gasteiger partial charge in [-0.15, -0.1) is 11.3 Å². The lowest BCUT2D eigenvalue weighted by Gasteiger charge is -2.25. The number of furan rings is 1. The maximum Gasteiger partial charge on any atom is 0.270 e. The molecular formula is C21H21N3O5S. The van der Waals surface area contributed by atoms with Crippen LogP contribution in [0, 0.1) is 17.0 Å². The van der Waals surface area contributed by atoms with Gasteiger partial charge in [-0.1, -0.05) is 6.07 Å². The maximum atomic E-state index is 13.1. The average molecular weight is 427 g/mol. The van der Waals surface area contributed by atoms with Gasteiger partial charge in [0, 0.05) is 27.5 Å². The second kappa shape index (κ2) is 9.36. The van der Waals surface area contributed by atoms with Crippen LogP contribution in [0.4, 0.5) is 5.69 Å². The van der Waals surface area contributed by atoms with E-state index >= 15 is 0 Å². The molecular weight excluding hydrogens is 406 g/mol. The summed E-state index contributed by atoms with van der Waals surface area (Å²) in [5.74, 6) is -0.200. The Bertz CT molecular complexity index is 1040. The summed E-state index contributed by atoms with van der Waals surface area (Å²) in [7, 11) is 0. The first kappa shape index (κ1) is 21.3. The van der Waals surface area contributed by atoms with Crippen molar-refractivity contribution < 1.29 is 18.9 Å². The summed E-state index contributed by atoms with van der Waals surface area (Å²) in [5.41, 5.74) is -0.0653. The van der Waals surface area contributed by atoms with E-state index in [-0.39, 0.29) is 23.7 Å². The van der Waals surface area contributed by atoms with Gasteiger partial charge in [-0.2, -0.15) is 0 Å². The molecule has 0 bridgehead atoms. The number of non-ortho nitro benzene ring substituents is 1. The number of hydrogen-bond acceptors (Lipinski definition) is 6. The fourth-order valence-electron chi connectivity index (χ4n) is 2.94. The molecule has 9 heteroatoms. The van der Waals surface area contributed by atoms with E-state index in [2.05, 4.69) is 5.32 Å². The molecule has 0 fully saturated rings. The van der Waals surface area contributed by atoms with Crippen LogP contribution in [0.25, 0.3) is 0 Å². The number of nitrogens with one attached hydrogen (secondary N) is 1. The molecule has 3 rings (SSSR count). The van der Waals surface area contributed by atoms with Crippen LogP contribution in [0.1, 0.15) is 32.8 Å². The minimum absolute atomic E-state index is 0.121. The Kier molecular flexibility index (Phi) is 6.63. The highest BCUT2D eigenvalue weighted by atomic mass is 32.1. The third-order valence-electron chi connectivity index (χ3n) is 4.42. The van der Waals surface area contributed by atoms with E-state index < -0.39 is 16.9 Å². The largest absolute Gasteiger partial charge is 0.467 e. The van der Waals surface area contributed by atoms with Crippen molar-refractivity contribution in [2.24, 2.45) is 0 Å². The molecule has 1 N–H and O–H groups in total. The maximum absolute atomic E-state index is 13.1. The number of carbonyl (C=O) groups is 2. The molecule has 2 heterocycles. The molecule has 0 saturated carbocycles. The van der Waals surface area contributed by atoms with Gasteiger partial charge in [0.15, 0.2) is 0 Å². The highest BCUT2D eigenvalue weighted by Crippen LogP contribution is 2.20. The van der Waals surface area contributed by atoms with Gasteiger partial charge in [-0.25, -0.2) is 0 Å². The minimum atomic E-state index is -0.826. The molecule has 0 saturated heterocycles. The molecule has 1 unspecified atom stereocenters. The van der Waals surface area contributed by atoms with Crippen LogP contribution in [0.15, 0.2) is 59.2 Å². The van der Waals surface area contributed by atoms with E-state index in [1.54, 1.807) is 41.6 Å². The van der Waals surface area contributed by atoms with Crippen LogP contribution in [0.3, 0.4) is 0 Å². The Balaban J connectivity index is 1.73. The monoisotopic (exact) mass is 427 g/mol. The lowest BCUT2D eigenvalue weighted by molar-refractivity contribution is -0.384.